The third-order valence-electron chi connectivity index (χ3n) is 7.91. The van der Waals surface area contributed by atoms with Gasteiger partial charge in [0.2, 0.25) is 29.5 Å². The smallest absolute Gasteiger partial charge is 0.243 e. The van der Waals surface area contributed by atoms with E-state index in [1.807, 2.05) is 26.0 Å². The van der Waals surface area contributed by atoms with Gasteiger partial charge in [0.1, 0.15) is 5.41 Å². The van der Waals surface area contributed by atoms with E-state index in [0.717, 1.165) is 24.8 Å². The Morgan fingerprint density at radius 3 is 2.34 bits per heavy atom. The highest BCUT2D eigenvalue weighted by Crippen LogP contribution is 2.41. The van der Waals surface area contributed by atoms with E-state index in [9.17, 15) is 24.0 Å². The summed E-state index contributed by atoms with van der Waals surface area (Å²) in [6.07, 6.45) is 5.36. The van der Waals surface area contributed by atoms with Crippen molar-refractivity contribution in [3.63, 3.8) is 0 Å². The fourth-order valence-corrected chi connectivity index (χ4v) is 4.96. The minimum absolute atomic E-state index is 0.0613. The molecule has 2 fully saturated rings. The molecule has 2 unspecified atom stereocenters. The number of nitrogens with one attached hydrogen (secondary N) is 3. The third kappa shape index (κ3) is 7.02. The van der Waals surface area contributed by atoms with E-state index >= 15 is 0 Å². The van der Waals surface area contributed by atoms with Gasteiger partial charge in [0.25, 0.3) is 0 Å². The van der Waals surface area contributed by atoms with Crippen LogP contribution < -0.4 is 16.0 Å². The van der Waals surface area contributed by atoms with Crippen LogP contribution in [0.5, 0.6) is 0 Å². The second kappa shape index (κ2) is 13.6. The summed E-state index contributed by atoms with van der Waals surface area (Å²) in [4.78, 5) is 64.1. The second-order valence-corrected chi connectivity index (χ2v) is 10.5. The largest absolute Gasteiger partial charge is 0.355 e. The highest BCUT2D eigenvalue weighted by atomic mass is 16.2. The Kier molecular flexibility index (Phi) is 10.5. The lowest BCUT2D eigenvalue weighted by atomic mass is 9.67. The van der Waals surface area contributed by atoms with Gasteiger partial charge in [0.15, 0.2) is 0 Å². The lowest BCUT2D eigenvalue weighted by molar-refractivity contribution is -0.150. The summed E-state index contributed by atoms with van der Waals surface area (Å²) in [6, 6.07) is 7.12. The molecule has 1 aromatic rings. The zero-order valence-electron chi connectivity index (χ0n) is 22.5. The van der Waals surface area contributed by atoms with Crippen LogP contribution in [0, 0.1) is 17.3 Å². The maximum atomic E-state index is 12.9. The van der Waals surface area contributed by atoms with Crippen LogP contribution in [0.4, 0.5) is 5.69 Å². The predicted octanol–water partition coefficient (Wildman–Crippen LogP) is 2.29. The van der Waals surface area contributed by atoms with Crippen LogP contribution in [0.25, 0.3) is 0 Å². The van der Waals surface area contributed by atoms with Crippen LogP contribution in [0.15, 0.2) is 24.3 Å². The highest BCUT2D eigenvalue weighted by Gasteiger charge is 2.50. The van der Waals surface area contributed by atoms with Crippen LogP contribution >= 0.6 is 0 Å². The summed E-state index contributed by atoms with van der Waals surface area (Å²) in [6.45, 7) is 4.62. The van der Waals surface area contributed by atoms with Crippen molar-refractivity contribution in [1.29, 1.82) is 0 Å². The predicted molar refractivity (Wildman–Crippen MR) is 145 cm³/mol. The van der Waals surface area contributed by atoms with E-state index in [1.165, 1.54) is 4.90 Å². The fraction of sp³-hybridized carbons (Fsp3) is 0.607. The molecule has 1 aliphatic heterocycles. The first-order chi connectivity index (χ1) is 18.2. The molecule has 0 aromatic heterocycles. The van der Waals surface area contributed by atoms with Crippen molar-refractivity contribution in [1.82, 2.24) is 15.5 Å². The Morgan fingerprint density at radius 1 is 1.05 bits per heavy atom. The molecule has 38 heavy (non-hydrogen) atoms. The van der Waals surface area contributed by atoms with Gasteiger partial charge in [-0.3, -0.25) is 28.9 Å². The minimum atomic E-state index is -1.14. The summed E-state index contributed by atoms with van der Waals surface area (Å²) in [5.41, 5.74) is 0.412. The third-order valence-corrected chi connectivity index (χ3v) is 7.91. The molecule has 1 saturated carbocycles. The van der Waals surface area contributed by atoms with E-state index in [2.05, 4.69) is 16.0 Å². The monoisotopic (exact) mass is 522 g/mol. The van der Waals surface area contributed by atoms with E-state index in [4.69, 9.17) is 7.85 Å². The lowest BCUT2D eigenvalue weighted by Crippen LogP contribution is -2.56. The number of carbonyl (C=O) groups excluding carboxylic acids is 5. The molecule has 3 N–H and O–H groups in total. The average molecular weight is 522 g/mol. The van der Waals surface area contributed by atoms with Gasteiger partial charge in [0, 0.05) is 31.1 Å². The summed E-state index contributed by atoms with van der Waals surface area (Å²) < 4.78 is 0. The van der Waals surface area contributed by atoms with Crippen molar-refractivity contribution in [2.75, 3.05) is 25.0 Å². The molecule has 1 saturated heterocycles. The molecule has 1 aliphatic carbocycles. The maximum absolute atomic E-state index is 12.9. The average Bonchev–Trinajstić information content (AvgIpc) is 3.17. The highest BCUT2D eigenvalue weighted by molar-refractivity contribution is 6.08. The molecule has 5 amide bonds. The summed E-state index contributed by atoms with van der Waals surface area (Å²) in [7, 11) is 5.58. The topological polar surface area (TPSA) is 125 Å². The van der Waals surface area contributed by atoms with Crippen LogP contribution in [-0.2, 0) is 30.3 Å². The van der Waals surface area contributed by atoms with Crippen LogP contribution in [-0.4, -0.2) is 61.9 Å². The van der Waals surface area contributed by atoms with Crippen molar-refractivity contribution < 1.29 is 24.0 Å². The molecule has 2 radical (unpaired) electrons. The first-order valence-electron chi connectivity index (χ1n) is 13.7. The lowest BCUT2D eigenvalue weighted by Gasteiger charge is -2.38. The minimum Gasteiger partial charge on any atom is -0.355 e. The molecule has 2 aliphatic rings. The Morgan fingerprint density at radius 2 is 1.74 bits per heavy atom. The molecule has 1 aromatic carbocycles. The SMILES string of the molecule is [B]Cc1ccc(NC(=O)CNC(=O)C2(C(=O)NCCCCCN3C(=O)CC(C(C)CC)C3=O)CCC2)cc1. The van der Waals surface area contributed by atoms with Crippen LogP contribution in [0.2, 0.25) is 0 Å². The fourth-order valence-electron chi connectivity index (χ4n) is 4.96. The second-order valence-electron chi connectivity index (χ2n) is 10.5. The molecule has 9 nitrogen and oxygen atoms in total. The van der Waals surface area contributed by atoms with Gasteiger partial charge in [-0.2, -0.15) is 0 Å². The Hall–Kier alpha value is -3.17. The number of carbonyl (C=O) groups is 5. The molecule has 3 rings (SSSR count). The first-order valence-corrected chi connectivity index (χ1v) is 13.7. The number of rotatable bonds is 14. The van der Waals surface area contributed by atoms with Crippen LogP contribution in [0.1, 0.15) is 70.8 Å². The van der Waals surface area contributed by atoms with E-state index in [1.54, 1.807) is 12.1 Å². The van der Waals surface area contributed by atoms with Crippen molar-refractivity contribution in [3.05, 3.63) is 29.8 Å². The van der Waals surface area contributed by atoms with E-state index < -0.39 is 11.3 Å². The number of likely N-dealkylation sites (tertiary alicyclic amines) is 1. The summed E-state index contributed by atoms with van der Waals surface area (Å²) in [5, 5.41) is 8.19. The van der Waals surface area contributed by atoms with Gasteiger partial charge < -0.3 is 16.0 Å². The molecule has 2 atom stereocenters. The van der Waals surface area contributed by atoms with Gasteiger partial charge in [-0.05, 0) is 50.2 Å². The van der Waals surface area contributed by atoms with Crippen molar-refractivity contribution in [2.45, 2.75) is 71.5 Å². The molecule has 204 valence electrons. The number of hydrogen-bond acceptors (Lipinski definition) is 5. The number of imide groups is 1. The number of nitrogens with zero attached hydrogens (tertiary/aromatic N) is 1. The first kappa shape index (κ1) is 29.4. The van der Waals surface area contributed by atoms with Crippen LogP contribution in [0.3, 0.4) is 0 Å². The molecular weight excluding hydrogens is 483 g/mol. The van der Waals surface area contributed by atoms with E-state index in [0.29, 0.717) is 57.2 Å². The molecule has 1 heterocycles. The molecule has 0 bridgehead atoms. The van der Waals surface area contributed by atoms with Gasteiger partial charge in [-0.25, -0.2) is 0 Å². The van der Waals surface area contributed by atoms with Gasteiger partial charge in [-0.15, -0.1) is 0 Å². The van der Waals surface area contributed by atoms with E-state index in [-0.39, 0.29) is 42.0 Å². The zero-order valence-corrected chi connectivity index (χ0v) is 22.5. The number of anilines is 1. The molecule has 10 heteroatoms. The standard InChI is InChI=1S/C28H39BN4O5/c1-3-19(2)22-16-24(35)33(25(22)36)15-6-4-5-14-30-26(37)28(12-7-13-28)27(38)31-18-23(34)32-21-10-8-20(17-29)9-11-21/h8-11,19,22H,3-7,12-18H2,1-2H3,(H,30,37)(H,31,38)(H,32,34). The van der Waals surface area contributed by atoms with Crippen molar-refractivity contribution in [2.24, 2.45) is 17.3 Å². The molecular formula is C28H39BN4O5. The van der Waals surface area contributed by atoms with Crippen molar-refractivity contribution in [3.8, 4) is 0 Å². The quantitative estimate of drug-likeness (QED) is 0.150. The maximum Gasteiger partial charge on any atom is 0.243 e. The number of benzene rings is 1. The van der Waals surface area contributed by atoms with Gasteiger partial charge in [0.05, 0.1) is 14.4 Å². The van der Waals surface area contributed by atoms with Crippen molar-refractivity contribution >= 4 is 43.1 Å². The Balaban J connectivity index is 1.35. The normalized spacial score (nSPS) is 19.0. The summed E-state index contributed by atoms with van der Waals surface area (Å²) >= 11 is 0. The number of hydrogen-bond donors (Lipinski definition) is 3. The number of amides is 5. The zero-order chi connectivity index (χ0) is 27.7. The summed E-state index contributed by atoms with van der Waals surface area (Å²) in [5.74, 6) is -1.29. The Bertz CT molecular complexity index is 1020. The number of unbranched alkanes of at least 4 members (excludes halogenated alkanes) is 2. The van der Waals surface area contributed by atoms with Gasteiger partial charge >= 0.3 is 0 Å². The molecule has 0 spiro atoms. The van der Waals surface area contributed by atoms with Gasteiger partial charge in [-0.1, -0.05) is 50.7 Å². The Labute approximate surface area is 226 Å².